The number of nitrogens with zero attached hydrogens (tertiary/aromatic N) is 6. The Hall–Kier alpha value is -3.64. The first kappa shape index (κ1) is 27.5. The molecular formula is C29H36FN7O3Si. The number of nitrogens with one attached hydrogen (secondary N) is 1. The van der Waals surface area contributed by atoms with Crippen LogP contribution in [0, 0.1) is 11.7 Å². The van der Waals surface area contributed by atoms with Crippen molar-refractivity contribution in [3.05, 3.63) is 48.3 Å². The zero-order chi connectivity index (χ0) is 28.6. The second kappa shape index (κ2) is 11.3. The molecule has 2 fully saturated rings. The molecule has 6 rings (SSSR count). The number of hydrogen-bond acceptors (Lipinski definition) is 7. The number of cyclic esters (lactones) is 1. The van der Waals surface area contributed by atoms with E-state index in [1.165, 1.54) is 25.3 Å². The lowest BCUT2D eigenvalue weighted by Gasteiger charge is -2.31. The smallest absolute Gasteiger partial charge is 0.415 e. The van der Waals surface area contributed by atoms with Gasteiger partial charge in [-0.1, -0.05) is 45.0 Å². The van der Waals surface area contributed by atoms with E-state index in [-0.39, 0.29) is 18.0 Å². The third-order valence-corrected chi connectivity index (χ3v) is 9.69. The summed E-state index contributed by atoms with van der Waals surface area (Å²) < 4.78 is 28.2. The predicted octanol–water partition coefficient (Wildman–Crippen LogP) is 6.08. The number of halogens is 1. The number of fused-ring (bicyclic) bond motifs is 1. The highest BCUT2D eigenvalue weighted by Crippen LogP contribution is 2.35. The van der Waals surface area contributed by atoms with Crippen LogP contribution in [0.2, 0.25) is 25.7 Å². The van der Waals surface area contributed by atoms with Crippen LogP contribution < -0.4 is 4.90 Å². The molecule has 4 aromatic rings. The van der Waals surface area contributed by atoms with Crippen LogP contribution >= 0.6 is 0 Å². The molecule has 10 nitrogen and oxygen atoms in total. The molecule has 0 bridgehead atoms. The number of carbonyl (C=O) groups is 1. The average Bonchev–Trinajstić information content (AvgIpc) is 3.69. The van der Waals surface area contributed by atoms with Crippen molar-refractivity contribution >= 4 is 25.6 Å². The Morgan fingerprint density at radius 2 is 1.95 bits per heavy atom. The molecule has 216 valence electrons. The van der Waals surface area contributed by atoms with Gasteiger partial charge in [-0.3, -0.25) is 10.00 Å². The number of ether oxygens (including phenoxy) is 2. The van der Waals surface area contributed by atoms with E-state index in [1.807, 2.05) is 0 Å². The van der Waals surface area contributed by atoms with Crippen molar-refractivity contribution in [1.82, 2.24) is 29.8 Å². The molecular weight excluding hydrogens is 541 g/mol. The van der Waals surface area contributed by atoms with Crippen molar-refractivity contribution in [3.8, 4) is 22.5 Å². The topological polar surface area (TPSA) is 111 Å². The summed E-state index contributed by atoms with van der Waals surface area (Å²) in [6, 6.07) is 7.72. The molecule has 1 atom stereocenters. The summed E-state index contributed by atoms with van der Waals surface area (Å²) in [5.74, 6) is 1.30. The van der Waals surface area contributed by atoms with Crippen LogP contribution in [0.3, 0.4) is 0 Å². The maximum Gasteiger partial charge on any atom is 0.415 e. The zero-order valence-corrected chi connectivity index (χ0v) is 24.8. The molecule has 1 aliphatic heterocycles. The zero-order valence-electron chi connectivity index (χ0n) is 23.8. The van der Waals surface area contributed by atoms with E-state index in [1.54, 1.807) is 40.0 Å². The normalized spacial score (nSPS) is 18.4. The van der Waals surface area contributed by atoms with Crippen molar-refractivity contribution in [1.29, 1.82) is 0 Å². The van der Waals surface area contributed by atoms with Crippen LogP contribution in [-0.4, -0.2) is 63.2 Å². The quantitative estimate of drug-likeness (QED) is 0.190. The maximum absolute atomic E-state index is 15.4. The van der Waals surface area contributed by atoms with Crippen molar-refractivity contribution in [2.24, 2.45) is 5.92 Å². The van der Waals surface area contributed by atoms with Gasteiger partial charge in [0.1, 0.15) is 24.8 Å². The van der Waals surface area contributed by atoms with Crippen molar-refractivity contribution in [3.63, 3.8) is 0 Å². The van der Waals surface area contributed by atoms with Gasteiger partial charge in [-0.25, -0.2) is 23.7 Å². The summed E-state index contributed by atoms with van der Waals surface area (Å²) in [5.41, 5.74) is 2.10. The molecule has 2 aliphatic rings. The van der Waals surface area contributed by atoms with Crippen molar-refractivity contribution in [2.45, 2.75) is 70.4 Å². The predicted molar refractivity (Wildman–Crippen MR) is 156 cm³/mol. The average molecular weight is 578 g/mol. The van der Waals surface area contributed by atoms with Gasteiger partial charge in [0.25, 0.3) is 0 Å². The van der Waals surface area contributed by atoms with E-state index in [0.717, 1.165) is 18.9 Å². The van der Waals surface area contributed by atoms with Gasteiger partial charge in [-0.05, 0) is 48.6 Å². The van der Waals surface area contributed by atoms with E-state index in [0.29, 0.717) is 59.7 Å². The molecule has 3 aromatic heterocycles. The highest BCUT2D eigenvalue weighted by Gasteiger charge is 2.40. The van der Waals surface area contributed by atoms with Crippen LogP contribution in [0.15, 0.2) is 36.7 Å². The first-order chi connectivity index (χ1) is 19.8. The lowest BCUT2D eigenvalue weighted by Crippen LogP contribution is -2.40. The Morgan fingerprint density at radius 1 is 1.12 bits per heavy atom. The minimum atomic E-state index is -1.17. The highest BCUT2D eigenvalue weighted by molar-refractivity contribution is 6.76. The third kappa shape index (κ3) is 5.89. The highest BCUT2D eigenvalue weighted by atomic mass is 28.3. The number of rotatable bonds is 9. The van der Waals surface area contributed by atoms with Gasteiger partial charge >= 0.3 is 6.09 Å². The van der Waals surface area contributed by atoms with Gasteiger partial charge in [0.15, 0.2) is 17.3 Å². The Morgan fingerprint density at radius 3 is 2.73 bits per heavy atom. The molecule has 1 saturated heterocycles. The monoisotopic (exact) mass is 577 g/mol. The summed E-state index contributed by atoms with van der Waals surface area (Å²) in [7, 11) is -1.17. The van der Waals surface area contributed by atoms with Crippen LogP contribution in [0.5, 0.6) is 0 Å². The number of hydrogen-bond donors (Lipinski definition) is 1. The lowest BCUT2D eigenvalue weighted by atomic mass is 9.84. The minimum absolute atomic E-state index is 0.0298. The molecule has 12 heteroatoms. The minimum Gasteiger partial charge on any atom is -0.447 e. The van der Waals surface area contributed by atoms with E-state index in [2.05, 4.69) is 39.9 Å². The van der Waals surface area contributed by atoms with Gasteiger partial charge in [0.05, 0.1) is 17.8 Å². The fourth-order valence-electron chi connectivity index (χ4n) is 5.65. The van der Waals surface area contributed by atoms with Gasteiger partial charge in [-0.2, -0.15) is 10.2 Å². The van der Waals surface area contributed by atoms with Crippen LogP contribution in [0.1, 0.15) is 37.9 Å². The first-order valence-corrected chi connectivity index (χ1v) is 18.1. The van der Waals surface area contributed by atoms with Gasteiger partial charge in [-0.15, -0.1) is 0 Å². The second-order valence-electron chi connectivity index (χ2n) is 12.2. The number of anilines is 1. The molecule has 1 aromatic carbocycles. The lowest BCUT2D eigenvalue weighted by molar-refractivity contribution is 0.127. The van der Waals surface area contributed by atoms with Crippen molar-refractivity contribution in [2.75, 3.05) is 18.1 Å². The number of amides is 1. The number of aromatic nitrogens is 6. The number of H-pyrrole nitrogens is 1. The number of carbonyl (C=O) groups excluding carboxylic acids is 1. The molecule has 4 heterocycles. The van der Waals surface area contributed by atoms with Crippen LogP contribution in [-0.2, 0) is 16.1 Å². The third-order valence-electron chi connectivity index (χ3n) is 7.99. The fourth-order valence-corrected chi connectivity index (χ4v) is 6.41. The Balaban J connectivity index is 1.22. The standard InChI is InChI=1S/C29H36FN7O3Si/c1-41(2,3)14-13-39-18-25-32-27(35-34-25)21-10-9-20(15-23(21)30)22-16-31-36-12-11-26(33-28(22)36)37-24(17-40-29(37)38)19-7-5-4-6-8-19/h9-12,15-16,19,24H,4-8,13-14,17-18H2,1-3H3,(H,32,34,35)/t24-/m1/s1. The second-order valence-corrected chi connectivity index (χ2v) is 17.8. The molecule has 1 saturated carbocycles. The largest absolute Gasteiger partial charge is 0.447 e. The number of benzene rings is 1. The van der Waals surface area contributed by atoms with Gasteiger partial charge in [0.2, 0.25) is 0 Å². The van der Waals surface area contributed by atoms with E-state index < -0.39 is 13.9 Å². The molecule has 0 radical (unpaired) electrons. The van der Waals surface area contributed by atoms with E-state index >= 15 is 4.39 Å². The molecule has 0 unspecified atom stereocenters. The Bertz CT molecular complexity index is 1540. The fraction of sp³-hybridized carbons (Fsp3) is 0.483. The van der Waals surface area contributed by atoms with Crippen molar-refractivity contribution < 1.29 is 18.7 Å². The molecule has 0 spiro atoms. The summed E-state index contributed by atoms with van der Waals surface area (Å²) in [6.07, 6.45) is 8.81. The molecule has 41 heavy (non-hydrogen) atoms. The van der Waals surface area contributed by atoms with Crippen LogP contribution in [0.4, 0.5) is 15.0 Å². The SMILES string of the molecule is C[Si](C)(C)CCOCc1nc(-c2ccc(-c3cnn4ccc(N5C(=O)OC[C@@H]5C5CCCCC5)nc34)cc2F)n[nH]1. The summed E-state index contributed by atoms with van der Waals surface area (Å²) in [4.78, 5) is 23.7. The van der Waals surface area contributed by atoms with E-state index in [4.69, 9.17) is 14.5 Å². The Labute approximate surface area is 239 Å². The first-order valence-electron chi connectivity index (χ1n) is 14.4. The van der Waals surface area contributed by atoms with Gasteiger partial charge in [0, 0.05) is 26.4 Å². The summed E-state index contributed by atoms with van der Waals surface area (Å²) >= 11 is 0. The van der Waals surface area contributed by atoms with E-state index in [9.17, 15) is 4.79 Å². The maximum atomic E-state index is 15.4. The van der Waals surface area contributed by atoms with Gasteiger partial charge < -0.3 is 9.47 Å². The molecule has 1 aliphatic carbocycles. The molecule has 1 amide bonds. The van der Waals surface area contributed by atoms with Crippen LogP contribution in [0.25, 0.3) is 28.2 Å². The summed E-state index contributed by atoms with van der Waals surface area (Å²) in [5, 5.41) is 11.5. The molecule has 1 N–H and O–H groups in total. The number of aromatic amines is 1. The Kier molecular flexibility index (Phi) is 7.60. The summed E-state index contributed by atoms with van der Waals surface area (Å²) in [6.45, 7) is 8.25.